The number of furan rings is 1. The molecule has 16 rings (SSSR count). The molecule has 0 saturated carbocycles. The first-order chi connectivity index (χ1) is 47.9. The molecule has 1 aliphatic rings. The largest absolute Gasteiger partial charge is 0.461 e. The standard InChI is InChI=1S/C13H12.C10H9N.C9H7ClO.C9H7ClS.C9H8S.C8H8O2.C8H10.C7H6Cl2.2C7H8.C2H6.CH4/c1-11-7-9-13(10-8-11)12-5-3-2-4-6-12;1-8-6-7-9-4-2-3-5-10(9)11-8;2*1-6-4-7-5-8(10)2-3-9(7)11-6;1-7-6-8-4-2-3-5-9(8)10-7;1-6-2-3-7-8(4-6)10-5-9-7;1-2-8-6-4-3-5-7-8;1-5-2-3-6(8)7(9)4-5;2*1-7-5-3-2-4-6-7;1-2;/h2-10H,1H3;2-7H,1H3;2*2-5H,1H3;2-6H,1H3;2-4H,5H2,1H3;3-7H,2H2,1H3;2-4H,1H3;2*2-6H,1H3;1-2H3;1H4. The lowest BCUT2D eigenvalue weighted by Crippen LogP contribution is -1.92. The molecule has 0 fully saturated rings. The number of halogens is 4. The van der Waals surface area contributed by atoms with Crippen molar-refractivity contribution in [2.45, 2.75) is 96.9 Å². The predicted octanol–water partition coefficient (Wildman–Crippen LogP) is 29.6. The van der Waals surface area contributed by atoms with Gasteiger partial charge in [0.15, 0.2) is 11.5 Å². The third-order valence-electron chi connectivity index (χ3n) is 14.4. The normalized spacial score (nSPS) is 10.1. The molecule has 10 heteroatoms. The fourth-order valence-electron chi connectivity index (χ4n) is 9.34. The zero-order chi connectivity index (χ0) is 71.3. The molecule has 100 heavy (non-hydrogen) atoms. The molecule has 4 nitrogen and oxygen atoms in total. The number of rotatable bonds is 2. The molecule has 0 amide bonds. The molecule has 0 aliphatic carbocycles. The van der Waals surface area contributed by atoms with Gasteiger partial charge in [-0.3, -0.25) is 4.98 Å². The Morgan fingerprint density at radius 1 is 0.360 bits per heavy atom. The SMILES string of the molecule is C.CC.CCc1ccccc1.Cc1cc2cc(Cl)ccc2o1.Cc1cc2cc(Cl)ccc2s1.Cc1cc2ccccc2s1.Cc1ccc(-c2ccccc2)cc1.Cc1ccc(Cl)c(Cl)c1.Cc1ccc2c(c1)OCO2.Cc1ccc2ccccc2n1.Cc1ccccc1.Cc1ccccc1. The van der Waals surface area contributed by atoms with Gasteiger partial charge in [0.2, 0.25) is 6.79 Å². The summed E-state index contributed by atoms with van der Waals surface area (Å²) in [6, 6.07) is 100. The van der Waals surface area contributed by atoms with Crippen LogP contribution in [-0.2, 0) is 6.42 Å². The molecule has 0 unspecified atom stereocenters. The number of nitrogens with zero attached hydrogens (tertiary/aromatic N) is 1. The summed E-state index contributed by atoms with van der Waals surface area (Å²) in [5.74, 6) is 2.63. The van der Waals surface area contributed by atoms with Crippen LogP contribution in [0.5, 0.6) is 11.5 Å². The molecule has 516 valence electrons. The van der Waals surface area contributed by atoms with Crippen LogP contribution in [0.3, 0.4) is 0 Å². The van der Waals surface area contributed by atoms with E-state index in [0.29, 0.717) is 16.8 Å². The molecule has 1 aliphatic heterocycles. The molecule has 0 atom stereocenters. The molecule has 4 aromatic heterocycles. The summed E-state index contributed by atoms with van der Waals surface area (Å²) in [4.78, 5) is 7.10. The predicted molar refractivity (Wildman–Crippen MR) is 442 cm³/mol. The maximum Gasteiger partial charge on any atom is 0.231 e. The number of aryl methyl sites for hydroxylation is 10. The van der Waals surface area contributed by atoms with E-state index in [0.717, 1.165) is 61.5 Å². The van der Waals surface area contributed by atoms with Crippen molar-refractivity contribution in [2.24, 2.45) is 0 Å². The Bertz CT molecular complexity index is 4600. The minimum absolute atomic E-state index is 0. The Hall–Kier alpha value is -8.95. The Kier molecular flexibility index (Phi) is 36.7. The molecule has 0 bridgehead atoms. The fraction of sp³-hybridized carbons (Fsp3) is 0.167. The highest BCUT2D eigenvalue weighted by Gasteiger charge is 2.11. The molecule has 0 spiro atoms. The van der Waals surface area contributed by atoms with E-state index in [9.17, 15) is 0 Å². The number of fused-ring (bicyclic) bond motifs is 5. The third-order valence-corrected chi connectivity index (χ3v) is 17.7. The van der Waals surface area contributed by atoms with Crippen molar-refractivity contribution in [3.8, 4) is 22.6 Å². The molecule has 5 heterocycles. The first kappa shape index (κ1) is 81.7. The highest BCUT2D eigenvalue weighted by atomic mass is 35.5. The van der Waals surface area contributed by atoms with Crippen molar-refractivity contribution in [1.82, 2.24) is 4.98 Å². The van der Waals surface area contributed by atoms with Crippen molar-refractivity contribution in [3.63, 3.8) is 0 Å². The van der Waals surface area contributed by atoms with Gasteiger partial charge < -0.3 is 13.9 Å². The van der Waals surface area contributed by atoms with Crippen molar-refractivity contribution < 1.29 is 13.9 Å². The first-order valence-corrected chi connectivity index (χ1v) is 36.1. The number of aromatic nitrogens is 1. The monoisotopic (exact) mass is 1440 g/mol. The van der Waals surface area contributed by atoms with Crippen LogP contribution in [0, 0.1) is 62.3 Å². The van der Waals surface area contributed by atoms with Crippen molar-refractivity contribution in [3.05, 3.63) is 372 Å². The van der Waals surface area contributed by atoms with E-state index in [1.54, 1.807) is 17.4 Å². The van der Waals surface area contributed by atoms with Crippen LogP contribution in [-0.4, -0.2) is 11.8 Å². The second kappa shape index (κ2) is 44.9. The number of hydrogen-bond donors (Lipinski definition) is 0. The van der Waals surface area contributed by atoms with E-state index >= 15 is 0 Å². The summed E-state index contributed by atoms with van der Waals surface area (Å²) >= 11 is 26.6. The number of pyridine rings is 1. The Labute approximate surface area is 623 Å². The van der Waals surface area contributed by atoms with Crippen molar-refractivity contribution in [1.29, 1.82) is 0 Å². The van der Waals surface area contributed by atoms with Gasteiger partial charge in [0.25, 0.3) is 0 Å². The van der Waals surface area contributed by atoms with Gasteiger partial charge >= 0.3 is 0 Å². The first-order valence-electron chi connectivity index (χ1n) is 32.9. The van der Waals surface area contributed by atoms with Crippen LogP contribution in [0.25, 0.3) is 53.2 Å². The lowest BCUT2D eigenvalue weighted by Gasteiger charge is -2.00. The third kappa shape index (κ3) is 29.9. The van der Waals surface area contributed by atoms with Crippen LogP contribution in [0.4, 0.5) is 0 Å². The highest BCUT2D eigenvalue weighted by Crippen LogP contribution is 2.32. The molecule has 0 radical (unpaired) electrons. The minimum atomic E-state index is 0. The summed E-state index contributed by atoms with van der Waals surface area (Å²) in [6.07, 6.45) is 1.14. The average Bonchev–Trinajstić information content (AvgIpc) is 1.65. The van der Waals surface area contributed by atoms with Crippen LogP contribution in [0.15, 0.2) is 302 Å². The summed E-state index contributed by atoms with van der Waals surface area (Å²) in [5, 5.41) is 7.69. The summed E-state index contributed by atoms with van der Waals surface area (Å²) in [5.41, 5.74) is 13.3. The summed E-state index contributed by atoms with van der Waals surface area (Å²) in [7, 11) is 0. The van der Waals surface area contributed by atoms with E-state index in [4.69, 9.17) is 60.3 Å². The van der Waals surface area contributed by atoms with Gasteiger partial charge in [-0.05, 0) is 204 Å². The topological polar surface area (TPSA) is 44.5 Å². The van der Waals surface area contributed by atoms with Gasteiger partial charge in [0.1, 0.15) is 11.3 Å². The highest BCUT2D eigenvalue weighted by molar-refractivity contribution is 7.19. The number of thiophene rings is 2. The molecule has 11 aromatic carbocycles. The Balaban J connectivity index is 0.000000200. The van der Waals surface area contributed by atoms with Crippen LogP contribution in [0.1, 0.15) is 82.8 Å². The molecule has 15 aromatic rings. The maximum atomic E-state index is 5.83. The van der Waals surface area contributed by atoms with E-state index < -0.39 is 0 Å². The lowest BCUT2D eigenvalue weighted by atomic mass is 10.0. The van der Waals surface area contributed by atoms with Gasteiger partial charge in [-0.1, -0.05) is 291 Å². The van der Waals surface area contributed by atoms with E-state index in [1.807, 2.05) is 192 Å². The number of para-hydroxylation sites is 1. The van der Waals surface area contributed by atoms with Crippen LogP contribution >= 0.6 is 69.1 Å². The number of ether oxygens (including phenoxy) is 2. The van der Waals surface area contributed by atoms with E-state index in [1.165, 1.54) is 74.3 Å². The quantitative estimate of drug-likeness (QED) is 0.173. The number of benzene rings is 11. The minimum Gasteiger partial charge on any atom is -0.461 e. The summed E-state index contributed by atoms with van der Waals surface area (Å²) < 4.78 is 18.4. The van der Waals surface area contributed by atoms with Gasteiger partial charge in [-0.25, -0.2) is 0 Å². The van der Waals surface area contributed by atoms with Crippen LogP contribution < -0.4 is 9.47 Å². The van der Waals surface area contributed by atoms with Crippen molar-refractivity contribution >= 4 is 111 Å². The second-order valence-electron chi connectivity index (χ2n) is 22.8. The smallest absolute Gasteiger partial charge is 0.231 e. The molecular weight excluding hydrogens is 1350 g/mol. The molecule has 0 saturated heterocycles. The Morgan fingerprint density at radius 3 is 1.39 bits per heavy atom. The number of hydrogen-bond acceptors (Lipinski definition) is 6. The second-order valence-corrected chi connectivity index (χ2v) is 27.0. The van der Waals surface area contributed by atoms with Crippen LogP contribution in [0.2, 0.25) is 20.1 Å². The van der Waals surface area contributed by atoms with Gasteiger partial charge in [-0.15, -0.1) is 22.7 Å². The summed E-state index contributed by atoms with van der Waals surface area (Å²) in [6.45, 7) is 25.0. The van der Waals surface area contributed by atoms with Gasteiger partial charge in [0, 0.05) is 45.7 Å². The van der Waals surface area contributed by atoms with E-state index in [2.05, 4.69) is 198 Å². The zero-order valence-electron chi connectivity index (χ0n) is 58.7. The van der Waals surface area contributed by atoms with Gasteiger partial charge in [0.05, 0.1) is 15.6 Å². The van der Waals surface area contributed by atoms with Crippen molar-refractivity contribution in [2.75, 3.05) is 6.79 Å². The maximum absolute atomic E-state index is 5.83. The molecule has 0 N–H and O–H groups in total. The van der Waals surface area contributed by atoms with Gasteiger partial charge in [-0.2, -0.15) is 0 Å². The molecular formula is C90H93Cl4NO3S2. The Morgan fingerprint density at radius 2 is 0.830 bits per heavy atom. The average molecular weight is 1440 g/mol. The zero-order valence-corrected chi connectivity index (χ0v) is 63.4. The fourth-order valence-corrected chi connectivity index (χ4v) is 11.9. The van der Waals surface area contributed by atoms with E-state index in [-0.39, 0.29) is 7.43 Å². The lowest BCUT2D eigenvalue weighted by molar-refractivity contribution is 0.174.